The van der Waals surface area contributed by atoms with Gasteiger partial charge in [0.15, 0.2) is 0 Å². The van der Waals surface area contributed by atoms with Crippen LogP contribution in [-0.2, 0) is 0 Å². The van der Waals surface area contributed by atoms with Gasteiger partial charge in [-0.3, -0.25) is 20.2 Å². The average molecular weight is 424 g/mol. The van der Waals surface area contributed by atoms with Crippen molar-refractivity contribution in [1.29, 1.82) is 0 Å². The van der Waals surface area contributed by atoms with E-state index in [1.54, 1.807) is 12.1 Å². The van der Waals surface area contributed by atoms with Gasteiger partial charge in [-0.1, -0.05) is 6.07 Å². The summed E-state index contributed by atoms with van der Waals surface area (Å²) in [4.78, 5) is 22.5. The van der Waals surface area contributed by atoms with Crippen LogP contribution in [-0.4, -0.2) is 22.7 Å². The van der Waals surface area contributed by atoms with Crippen molar-refractivity contribution >= 4 is 34.1 Å². The van der Waals surface area contributed by atoms with E-state index in [1.165, 1.54) is 23.5 Å². The number of methoxy groups -OCH3 is 1. The second-order valence-corrected chi connectivity index (χ2v) is 7.52. The number of hydrogen-bond donors (Lipinski definition) is 0. The third kappa shape index (κ3) is 3.60. The van der Waals surface area contributed by atoms with Crippen LogP contribution in [0.2, 0.25) is 0 Å². The molecule has 0 radical (unpaired) electrons. The first-order valence-electron chi connectivity index (χ1n) is 8.95. The molecule has 0 aliphatic carbocycles. The first-order chi connectivity index (χ1) is 14.5. The zero-order chi connectivity index (χ0) is 21.3. The molecule has 2 aromatic carbocycles. The van der Waals surface area contributed by atoms with Crippen molar-refractivity contribution in [3.05, 3.63) is 90.6 Å². The minimum atomic E-state index is -0.649. The van der Waals surface area contributed by atoms with Crippen LogP contribution in [0.3, 0.4) is 0 Å². The molecule has 10 heteroatoms. The van der Waals surface area contributed by atoms with E-state index in [0.29, 0.717) is 6.42 Å². The number of rotatable bonds is 6. The van der Waals surface area contributed by atoms with Gasteiger partial charge in [0.2, 0.25) is 0 Å². The summed E-state index contributed by atoms with van der Waals surface area (Å²) in [6.45, 7) is 0. The molecule has 0 N–H and O–H groups in total. The van der Waals surface area contributed by atoms with Gasteiger partial charge in [-0.05, 0) is 47.3 Å². The van der Waals surface area contributed by atoms with Crippen molar-refractivity contribution < 1.29 is 14.6 Å². The zero-order valence-corrected chi connectivity index (χ0v) is 16.6. The molecule has 0 spiro atoms. The van der Waals surface area contributed by atoms with Gasteiger partial charge in [0.25, 0.3) is 5.69 Å². The number of anilines is 1. The van der Waals surface area contributed by atoms with Crippen molar-refractivity contribution in [2.75, 3.05) is 12.1 Å². The summed E-state index contributed by atoms with van der Waals surface area (Å²) >= 11 is 1.53. The number of ether oxygens (including phenoxy) is 1. The molecule has 0 unspecified atom stereocenters. The molecule has 4 rings (SSSR count). The number of thiophene rings is 1. The van der Waals surface area contributed by atoms with Crippen LogP contribution in [0.1, 0.15) is 22.9 Å². The maximum atomic E-state index is 11.7. The molecular formula is C20H16N4O5S. The predicted octanol–water partition coefficient (Wildman–Crippen LogP) is 4.93. The van der Waals surface area contributed by atoms with Gasteiger partial charge in [-0.2, -0.15) is 5.10 Å². The van der Waals surface area contributed by atoms with Gasteiger partial charge in [0.05, 0.1) is 34.8 Å². The van der Waals surface area contributed by atoms with E-state index < -0.39 is 9.85 Å². The van der Waals surface area contributed by atoms with E-state index in [1.807, 2.05) is 41.8 Å². The van der Waals surface area contributed by atoms with Crippen LogP contribution >= 0.6 is 11.3 Å². The van der Waals surface area contributed by atoms with Crippen LogP contribution in [0.25, 0.3) is 0 Å². The van der Waals surface area contributed by atoms with Crippen molar-refractivity contribution in [3.8, 4) is 5.75 Å². The molecule has 1 aliphatic heterocycles. The van der Waals surface area contributed by atoms with Crippen LogP contribution < -0.4 is 9.75 Å². The minimum Gasteiger partial charge on any atom is -0.497 e. The van der Waals surface area contributed by atoms with E-state index in [2.05, 4.69) is 5.10 Å². The predicted molar refractivity (Wildman–Crippen MR) is 113 cm³/mol. The first-order valence-corrected chi connectivity index (χ1v) is 9.83. The van der Waals surface area contributed by atoms with Gasteiger partial charge >= 0.3 is 5.69 Å². The van der Waals surface area contributed by atoms with Crippen LogP contribution in [0, 0.1) is 20.2 Å². The fraction of sp³-hybridized carbons (Fsp3) is 0.150. The van der Waals surface area contributed by atoms with Gasteiger partial charge in [0, 0.05) is 17.4 Å². The molecule has 0 amide bonds. The number of nitro benzene ring substituents is 2. The van der Waals surface area contributed by atoms with Crippen molar-refractivity contribution in [3.63, 3.8) is 0 Å². The van der Waals surface area contributed by atoms with Crippen LogP contribution in [0.5, 0.6) is 5.75 Å². The lowest BCUT2D eigenvalue weighted by Crippen LogP contribution is -2.18. The molecule has 2 heterocycles. The number of hydrazone groups is 1. The summed E-state index contributed by atoms with van der Waals surface area (Å²) < 4.78 is 5.20. The van der Waals surface area contributed by atoms with Gasteiger partial charge < -0.3 is 4.74 Å². The molecule has 1 atom stereocenters. The number of nitrogens with zero attached hydrogens (tertiary/aromatic N) is 4. The topological polar surface area (TPSA) is 111 Å². The highest BCUT2D eigenvalue weighted by atomic mass is 32.1. The monoisotopic (exact) mass is 424 g/mol. The summed E-state index contributed by atoms with van der Waals surface area (Å²) in [5.41, 5.74) is 1.17. The summed E-state index contributed by atoms with van der Waals surface area (Å²) in [7, 11) is 1.59. The first kappa shape index (κ1) is 19.5. The van der Waals surface area contributed by atoms with E-state index in [-0.39, 0.29) is 23.1 Å². The Morgan fingerprint density at radius 3 is 2.47 bits per heavy atom. The molecule has 0 fully saturated rings. The highest BCUT2D eigenvalue weighted by Gasteiger charge is 2.35. The highest BCUT2D eigenvalue weighted by Crippen LogP contribution is 2.43. The largest absolute Gasteiger partial charge is 0.497 e. The average Bonchev–Trinajstić information content (AvgIpc) is 3.43. The molecule has 3 aromatic rings. The summed E-state index contributed by atoms with van der Waals surface area (Å²) in [6.07, 6.45) is 0.543. The Morgan fingerprint density at radius 2 is 1.87 bits per heavy atom. The number of hydrogen-bond acceptors (Lipinski definition) is 8. The van der Waals surface area contributed by atoms with Gasteiger partial charge in [-0.25, -0.2) is 5.01 Å². The Balaban J connectivity index is 1.80. The third-order valence-corrected chi connectivity index (χ3v) is 5.79. The SMILES string of the molecule is COc1ccc(C2=NN(c3ccc([N+](=O)[O-])cc3[N+](=O)[O-])[C@@H](c3cccs3)C2)cc1. The maximum absolute atomic E-state index is 11.7. The number of non-ortho nitro benzene ring substituents is 1. The molecule has 1 aliphatic rings. The fourth-order valence-corrected chi connectivity index (χ4v) is 4.17. The Kier molecular flexibility index (Phi) is 5.15. The van der Waals surface area contributed by atoms with Gasteiger partial charge in [-0.15, -0.1) is 11.3 Å². The van der Waals surface area contributed by atoms with E-state index in [4.69, 9.17) is 4.74 Å². The lowest BCUT2D eigenvalue weighted by molar-refractivity contribution is -0.393. The number of benzene rings is 2. The molecule has 9 nitrogen and oxygen atoms in total. The maximum Gasteiger partial charge on any atom is 0.301 e. The molecular weight excluding hydrogens is 408 g/mol. The third-order valence-electron chi connectivity index (χ3n) is 4.82. The normalized spacial score (nSPS) is 15.7. The standard InChI is InChI=1S/C20H16N4O5S/c1-29-15-7-4-13(5-8-15)16-12-19(20-3-2-10-30-20)22(21-16)17-9-6-14(23(25)26)11-18(17)24(27)28/h2-11,19H,12H2,1H3/t19-/m1/s1. The smallest absolute Gasteiger partial charge is 0.301 e. The Labute approximate surface area is 175 Å². The summed E-state index contributed by atoms with van der Waals surface area (Å²) in [5, 5.41) is 31.0. The lowest BCUT2D eigenvalue weighted by atomic mass is 10.0. The Morgan fingerprint density at radius 1 is 1.10 bits per heavy atom. The number of nitro groups is 2. The van der Waals surface area contributed by atoms with Crippen molar-refractivity contribution in [1.82, 2.24) is 0 Å². The Bertz CT molecular complexity index is 1130. The van der Waals surface area contributed by atoms with Crippen LogP contribution in [0.4, 0.5) is 17.1 Å². The van der Waals surface area contributed by atoms with Crippen LogP contribution in [0.15, 0.2) is 65.1 Å². The molecule has 30 heavy (non-hydrogen) atoms. The summed E-state index contributed by atoms with van der Waals surface area (Å²) in [6, 6.07) is 14.7. The molecule has 0 bridgehead atoms. The second kappa shape index (κ2) is 7.91. The van der Waals surface area contributed by atoms with Gasteiger partial charge in [0.1, 0.15) is 11.4 Å². The quantitative estimate of drug-likeness (QED) is 0.410. The van der Waals surface area contributed by atoms with Crippen molar-refractivity contribution in [2.45, 2.75) is 12.5 Å². The van der Waals surface area contributed by atoms with E-state index in [9.17, 15) is 20.2 Å². The summed E-state index contributed by atoms with van der Waals surface area (Å²) in [5.74, 6) is 0.718. The minimum absolute atomic E-state index is 0.215. The molecule has 0 saturated carbocycles. The molecule has 0 saturated heterocycles. The molecule has 152 valence electrons. The van der Waals surface area contributed by atoms with E-state index >= 15 is 0 Å². The molecule has 1 aromatic heterocycles. The fourth-order valence-electron chi connectivity index (χ4n) is 3.36. The Hall–Kier alpha value is -3.79. The highest BCUT2D eigenvalue weighted by molar-refractivity contribution is 7.10. The zero-order valence-electron chi connectivity index (χ0n) is 15.8. The second-order valence-electron chi connectivity index (χ2n) is 6.54. The van der Waals surface area contributed by atoms with E-state index in [0.717, 1.165) is 28.0 Å². The lowest BCUT2D eigenvalue weighted by Gasteiger charge is -2.22. The van der Waals surface area contributed by atoms with Crippen molar-refractivity contribution in [2.24, 2.45) is 5.10 Å².